The molecule has 0 amide bonds. The van der Waals surface area contributed by atoms with Crippen molar-refractivity contribution in [3.63, 3.8) is 0 Å². The highest BCUT2D eigenvalue weighted by Crippen LogP contribution is 2.13. The molecule has 1 heterocycles. The molecule has 1 aliphatic rings. The van der Waals surface area contributed by atoms with Gasteiger partial charge < -0.3 is 12.4 Å². The van der Waals surface area contributed by atoms with Gasteiger partial charge in [-0.1, -0.05) is 96.5 Å². The third kappa shape index (κ3) is 14.4. The van der Waals surface area contributed by atoms with Gasteiger partial charge in [0.15, 0.2) is 0 Å². The quantitative estimate of drug-likeness (QED) is 0.326. The maximum atomic E-state index is 3.41. The number of halogens is 1. The molecule has 0 spiro atoms. The van der Waals surface area contributed by atoms with Crippen molar-refractivity contribution in [1.82, 2.24) is 5.32 Å². The minimum absolute atomic E-state index is 0. The van der Waals surface area contributed by atoms with Gasteiger partial charge in [0.2, 0.25) is 0 Å². The summed E-state index contributed by atoms with van der Waals surface area (Å²) < 4.78 is 2.29. The van der Waals surface area contributed by atoms with E-state index in [1.54, 1.807) is 0 Å². The molecular formula is C22H43ClN2. The molecular weight excluding hydrogens is 328 g/mol. The molecule has 0 atom stereocenters. The summed E-state index contributed by atoms with van der Waals surface area (Å²) in [5, 5.41) is 3.41. The molecule has 0 unspecified atom stereocenters. The smallest absolute Gasteiger partial charge is 0.269 e. The highest BCUT2D eigenvalue weighted by atomic mass is 35.5. The average Bonchev–Trinajstić information content (AvgIpc) is 2.99. The Morgan fingerprint density at radius 2 is 1.28 bits per heavy atom. The Hall–Kier alpha value is -0.500. The molecule has 0 fully saturated rings. The Balaban J connectivity index is 0.00000576. The monoisotopic (exact) mass is 370 g/mol. The minimum atomic E-state index is 0. The van der Waals surface area contributed by atoms with Crippen molar-refractivity contribution in [2.75, 3.05) is 20.1 Å². The lowest BCUT2D eigenvalue weighted by molar-refractivity contribution is -0.485. The zero-order valence-corrected chi connectivity index (χ0v) is 17.8. The number of hydrogen-bond acceptors (Lipinski definition) is 1. The zero-order chi connectivity index (χ0) is 17.3. The maximum Gasteiger partial charge on any atom is 0.269 e. The van der Waals surface area contributed by atoms with E-state index in [1.165, 1.54) is 102 Å². The Kier molecular flexibility index (Phi) is 17.9. The van der Waals surface area contributed by atoms with Crippen LogP contribution >= 0.6 is 0 Å². The number of allylic oxidation sites excluding steroid dienone is 1. The molecule has 0 radical (unpaired) electrons. The van der Waals surface area contributed by atoms with Gasteiger partial charge in [-0.25, -0.2) is 0 Å². The van der Waals surface area contributed by atoms with Gasteiger partial charge in [-0.05, 0) is 12.8 Å². The molecule has 1 rings (SSSR count). The molecule has 25 heavy (non-hydrogen) atoms. The van der Waals surface area contributed by atoms with Crippen molar-refractivity contribution in [3.8, 4) is 0 Å². The number of nitrogens with one attached hydrogen (secondary N) is 1. The molecule has 2 nitrogen and oxygen atoms in total. The van der Waals surface area contributed by atoms with Crippen molar-refractivity contribution in [3.05, 3.63) is 12.2 Å². The second-order valence-corrected chi connectivity index (χ2v) is 7.52. The third-order valence-electron chi connectivity index (χ3n) is 5.16. The highest BCUT2D eigenvalue weighted by Gasteiger charge is 2.12. The largest absolute Gasteiger partial charge is 1.00 e. The van der Waals surface area contributed by atoms with Gasteiger partial charge in [0.25, 0.3) is 5.84 Å². The number of unbranched alkanes of at least 4 members (excludes halogenated alkanes) is 14. The second-order valence-electron chi connectivity index (χ2n) is 7.52. The van der Waals surface area contributed by atoms with E-state index in [9.17, 15) is 0 Å². The van der Waals surface area contributed by atoms with Crippen molar-refractivity contribution >= 4 is 5.84 Å². The Bertz CT molecular complexity index is 350. The molecule has 0 aromatic carbocycles. The maximum absolute atomic E-state index is 3.41. The summed E-state index contributed by atoms with van der Waals surface area (Å²) in [6.07, 6.45) is 26.0. The van der Waals surface area contributed by atoms with Gasteiger partial charge in [0.1, 0.15) is 13.1 Å². The predicted octanol–water partition coefficient (Wildman–Crippen LogP) is 3.06. The van der Waals surface area contributed by atoms with E-state index in [0.717, 1.165) is 13.1 Å². The van der Waals surface area contributed by atoms with Crippen LogP contribution in [0.25, 0.3) is 0 Å². The summed E-state index contributed by atoms with van der Waals surface area (Å²) in [5.74, 6) is 1.29. The summed E-state index contributed by atoms with van der Waals surface area (Å²) in [6, 6.07) is 0. The first-order chi connectivity index (χ1) is 11.8. The first-order valence-electron chi connectivity index (χ1n) is 10.8. The van der Waals surface area contributed by atoms with Crippen LogP contribution in [-0.2, 0) is 0 Å². The number of likely N-dealkylation sites (N-methyl/N-ethyl adjacent to an activating group) is 1. The van der Waals surface area contributed by atoms with E-state index < -0.39 is 0 Å². The van der Waals surface area contributed by atoms with Crippen molar-refractivity contribution in [2.24, 2.45) is 0 Å². The fraction of sp³-hybridized carbons (Fsp3) is 0.864. The molecule has 0 aromatic heterocycles. The van der Waals surface area contributed by atoms with Crippen LogP contribution in [0.4, 0.5) is 0 Å². The third-order valence-corrected chi connectivity index (χ3v) is 5.16. The van der Waals surface area contributed by atoms with E-state index >= 15 is 0 Å². The molecule has 0 bridgehead atoms. The number of rotatable bonds is 16. The van der Waals surface area contributed by atoms with E-state index in [-0.39, 0.29) is 12.4 Å². The van der Waals surface area contributed by atoms with Gasteiger partial charge >= 0.3 is 0 Å². The molecule has 0 aliphatic carbocycles. The summed E-state index contributed by atoms with van der Waals surface area (Å²) in [7, 11) is 2.16. The van der Waals surface area contributed by atoms with Gasteiger partial charge in [0.05, 0.1) is 7.05 Å². The molecule has 0 saturated heterocycles. The van der Waals surface area contributed by atoms with Gasteiger partial charge in [-0.15, -0.1) is 0 Å². The Morgan fingerprint density at radius 3 is 1.72 bits per heavy atom. The predicted molar refractivity (Wildman–Crippen MR) is 108 cm³/mol. The normalized spacial score (nSPS) is 14.2. The van der Waals surface area contributed by atoms with Gasteiger partial charge in [0, 0.05) is 6.08 Å². The van der Waals surface area contributed by atoms with Crippen molar-refractivity contribution in [2.45, 2.75) is 103 Å². The number of hydrogen-bond donors (Lipinski definition) is 1. The lowest BCUT2D eigenvalue weighted by Crippen LogP contribution is -3.00. The van der Waals surface area contributed by atoms with Gasteiger partial charge in [-0.3, -0.25) is 9.89 Å². The number of amidine groups is 1. The number of nitrogens with zero attached hydrogens (tertiary/aromatic N) is 1. The van der Waals surface area contributed by atoms with Crippen LogP contribution in [0.2, 0.25) is 0 Å². The average molecular weight is 371 g/mol. The standard InChI is InChI=1S/C22H42N2.ClH/c1-3-4-5-6-7-8-9-10-11-12-13-14-15-16-17-18-19-22-23-20-21-24(22)2;/h18-19H,3-17,20-21H2,1-2H3;1H. The van der Waals surface area contributed by atoms with E-state index in [2.05, 4.69) is 36.0 Å². The Morgan fingerprint density at radius 1 is 0.800 bits per heavy atom. The van der Waals surface area contributed by atoms with Gasteiger partial charge in [-0.2, -0.15) is 0 Å². The molecule has 1 aliphatic heterocycles. The first kappa shape index (κ1) is 24.5. The van der Waals surface area contributed by atoms with Crippen LogP contribution in [0.15, 0.2) is 12.2 Å². The van der Waals surface area contributed by atoms with Crippen molar-refractivity contribution in [1.29, 1.82) is 0 Å². The highest BCUT2D eigenvalue weighted by molar-refractivity contribution is 5.89. The van der Waals surface area contributed by atoms with Crippen LogP contribution in [0.1, 0.15) is 103 Å². The van der Waals surface area contributed by atoms with Crippen molar-refractivity contribution < 1.29 is 17.0 Å². The topological polar surface area (TPSA) is 15.0 Å². The molecule has 1 N–H and O–H groups in total. The SMILES string of the molecule is CCCCCCCCCCCCCCCCC=CC1=[N+](C)CCN1.[Cl-]. The van der Waals surface area contributed by atoms with Crippen LogP contribution in [0.5, 0.6) is 0 Å². The minimum Gasteiger partial charge on any atom is -1.00 e. The summed E-state index contributed by atoms with van der Waals surface area (Å²) in [5.41, 5.74) is 0. The van der Waals surface area contributed by atoms with Crippen LogP contribution < -0.4 is 17.7 Å². The lowest BCUT2D eigenvalue weighted by Gasteiger charge is -2.02. The fourth-order valence-electron chi connectivity index (χ4n) is 3.44. The lowest BCUT2D eigenvalue weighted by atomic mass is 10.0. The Labute approximate surface area is 164 Å². The van der Waals surface area contributed by atoms with Crippen LogP contribution in [-0.4, -0.2) is 30.5 Å². The molecule has 148 valence electrons. The van der Waals surface area contributed by atoms with E-state index in [0.29, 0.717) is 0 Å². The summed E-state index contributed by atoms with van der Waals surface area (Å²) in [4.78, 5) is 0. The van der Waals surface area contributed by atoms with Crippen LogP contribution in [0, 0.1) is 0 Å². The summed E-state index contributed by atoms with van der Waals surface area (Å²) in [6.45, 7) is 4.52. The zero-order valence-electron chi connectivity index (χ0n) is 17.0. The molecule has 3 heteroatoms. The van der Waals surface area contributed by atoms with Crippen LogP contribution in [0.3, 0.4) is 0 Å². The summed E-state index contributed by atoms with van der Waals surface area (Å²) >= 11 is 0. The van der Waals surface area contributed by atoms with E-state index in [1.807, 2.05) is 0 Å². The first-order valence-corrected chi connectivity index (χ1v) is 10.8. The van der Waals surface area contributed by atoms with E-state index in [4.69, 9.17) is 0 Å². The molecule has 0 saturated carbocycles. The fourth-order valence-corrected chi connectivity index (χ4v) is 3.44. The second kappa shape index (κ2) is 18.3. The molecule has 0 aromatic rings.